The molecule has 1 aliphatic rings. The fourth-order valence-electron chi connectivity index (χ4n) is 2.95. The minimum Gasteiger partial charge on any atom is -0.350 e. The van der Waals surface area contributed by atoms with E-state index >= 15 is 0 Å². The number of nitrogens with zero attached hydrogens (tertiary/aromatic N) is 3. The van der Waals surface area contributed by atoms with Crippen LogP contribution in [0.25, 0.3) is 10.2 Å². The first-order chi connectivity index (χ1) is 11.1. The van der Waals surface area contributed by atoms with Crippen molar-refractivity contribution < 1.29 is 4.79 Å². The maximum atomic E-state index is 12.4. The van der Waals surface area contributed by atoms with Gasteiger partial charge in [0.1, 0.15) is 4.83 Å². The molecule has 2 aromatic rings. The summed E-state index contributed by atoms with van der Waals surface area (Å²) >= 11 is 1.52. The van der Waals surface area contributed by atoms with E-state index in [4.69, 9.17) is 0 Å². The van der Waals surface area contributed by atoms with Gasteiger partial charge in [-0.15, -0.1) is 23.7 Å². The number of aromatic nitrogens is 2. The predicted molar refractivity (Wildman–Crippen MR) is 102 cm³/mol. The molecule has 134 valence electrons. The Hall–Kier alpha value is -1.15. The third kappa shape index (κ3) is 4.08. The largest absolute Gasteiger partial charge is 0.350 e. The topological polar surface area (TPSA) is 62.2 Å². The molecule has 0 bridgehead atoms. The first-order valence-electron chi connectivity index (χ1n) is 8.24. The Morgan fingerprint density at radius 1 is 1.42 bits per heavy atom. The number of hydrogen-bond acceptors (Lipinski definition) is 5. The van der Waals surface area contributed by atoms with Gasteiger partial charge in [-0.1, -0.05) is 13.8 Å². The molecule has 3 heterocycles. The molecule has 8 heteroatoms. The van der Waals surface area contributed by atoms with E-state index in [1.807, 2.05) is 17.8 Å². The number of piperazine rings is 1. The number of hydrogen-bond donors (Lipinski definition) is 2. The lowest BCUT2D eigenvalue weighted by Crippen LogP contribution is -2.46. The van der Waals surface area contributed by atoms with Crippen LogP contribution in [-0.2, 0) is 7.05 Å². The van der Waals surface area contributed by atoms with Gasteiger partial charge in [-0.3, -0.25) is 14.4 Å². The predicted octanol–water partition coefficient (Wildman–Crippen LogP) is 1.82. The molecule has 2 N–H and O–H groups in total. The van der Waals surface area contributed by atoms with Gasteiger partial charge in [-0.05, 0) is 12.0 Å². The third-order valence-electron chi connectivity index (χ3n) is 4.23. The van der Waals surface area contributed by atoms with Crippen LogP contribution >= 0.6 is 23.7 Å². The monoisotopic (exact) mass is 371 g/mol. The van der Waals surface area contributed by atoms with Crippen LogP contribution in [0, 0.1) is 0 Å². The van der Waals surface area contributed by atoms with Gasteiger partial charge in [-0.25, -0.2) is 0 Å². The van der Waals surface area contributed by atoms with Gasteiger partial charge < -0.3 is 10.6 Å². The third-order valence-corrected chi connectivity index (χ3v) is 5.43. The molecule has 0 spiro atoms. The smallest absolute Gasteiger partial charge is 0.261 e. The highest BCUT2D eigenvalue weighted by Gasteiger charge is 2.18. The molecule has 0 unspecified atom stereocenters. The van der Waals surface area contributed by atoms with Gasteiger partial charge in [0, 0.05) is 51.7 Å². The Morgan fingerprint density at radius 2 is 2.12 bits per heavy atom. The van der Waals surface area contributed by atoms with Crippen LogP contribution in [0.3, 0.4) is 0 Å². The molecule has 0 saturated carbocycles. The zero-order valence-corrected chi connectivity index (χ0v) is 16.1. The summed E-state index contributed by atoms with van der Waals surface area (Å²) in [6.45, 7) is 10.1. The summed E-state index contributed by atoms with van der Waals surface area (Å²) in [6.07, 6.45) is 0. The lowest BCUT2D eigenvalue weighted by atomic mass is 10.1. The zero-order valence-electron chi connectivity index (χ0n) is 14.5. The molecule has 1 saturated heterocycles. The van der Waals surface area contributed by atoms with Crippen LogP contribution < -0.4 is 10.6 Å². The summed E-state index contributed by atoms with van der Waals surface area (Å²) in [5, 5.41) is 12.0. The van der Waals surface area contributed by atoms with Crippen molar-refractivity contribution in [1.29, 1.82) is 0 Å². The van der Waals surface area contributed by atoms with Crippen molar-refractivity contribution in [2.75, 3.05) is 39.3 Å². The number of thiophene rings is 1. The molecule has 0 atom stereocenters. The summed E-state index contributed by atoms with van der Waals surface area (Å²) < 4.78 is 1.88. The molecule has 1 amide bonds. The molecule has 0 aromatic carbocycles. The highest BCUT2D eigenvalue weighted by molar-refractivity contribution is 7.20. The molecule has 0 aliphatic carbocycles. The van der Waals surface area contributed by atoms with E-state index in [2.05, 4.69) is 34.5 Å². The van der Waals surface area contributed by atoms with Gasteiger partial charge in [0.2, 0.25) is 0 Å². The number of aryl methyl sites for hydroxylation is 1. The lowest BCUT2D eigenvalue weighted by Gasteiger charge is -2.26. The fourth-order valence-corrected chi connectivity index (χ4v) is 3.95. The van der Waals surface area contributed by atoms with E-state index in [9.17, 15) is 4.79 Å². The molecule has 6 nitrogen and oxygen atoms in total. The average molecular weight is 372 g/mol. The minimum absolute atomic E-state index is 0. The van der Waals surface area contributed by atoms with Crippen molar-refractivity contribution >= 4 is 39.9 Å². The summed E-state index contributed by atoms with van der Waals surface area (Å²) in [5.41, 5.74) is 1.07. The summed E-state index contributed by atoms with van der Waals surface area (Å²) in [4.78, 5) is 16.6. The first kappa shape index (κ1) is 19.2. The minimum atomic E-state index is 0. The van der Waals surface area contributed by atoms with Crippen LogP contribution in [0.4, 0.5) is 0 Å². The van der Waals surface area contributed by atoms with Crippen molar-refractivity contribution in [1.82, 2.24) is 25.3 Å². The van der Waals surface area contributed by atoms with Gasteiger partial charge in [0.05, 0.1) is 10.6 Å². The highest BCUT2D eigenvalue weighted by atomic mass is 35.5. The maximum Gasteiger partial charge on any atom is 0.261 e. The molecule has 24 heavy (non-hydrogen) atoms. The van der Waals surface area contributed by atoms with E-state index in [0.717, 1.165) is 53.5 Å². The lowest BCUT2D eigenvalue weighted by molar-refractivity contribution is 0.0951. The Labute approximate surface area is 153 Å². The van der Waals surface area contributed by atoms with Crippen molar-refractivity contribution in [2.24, 2.45) is 7.05 Å². The van der Waals surface area contributed by atoms with Crippen LogP contribution in [0.2, 0.25) is 0 Å². The molecule has 2 aromatic heterocycles. The number of fused-ring (bicyclic) bond motifs is 1. The molecule has 0 radical (unpaired) electrons. The van der Waals surface area contributed by atoms with Gasteiger partial charge >= 0.3 is 0 Å². The molecule has 1 fully saturated rings. The Bertz CT molecular complexity index is 690. The van der Waals surface area contributed by atoms with Gasteiger partial charge in [0.15, 0.2) is 0 Å². The number of amides is 1. The molecule has 1 aliphatic heterocycles. The Morgan fingerprint density at radius 3 is 2.79 bits per heavy atom. The number of nitrogens with one attached hydrogen (secondary N) is 2. The van der Waals surface area contributed by atoms with E-state index < -0.39 is 0 Å². The van der Waals surface area contributed by atoms with Gasteiger partial charge in [-0.2, -0.15) is 5.10 Å². The summed E-state index contributed by atoms with van der Waals surface area (Å²) in [6, 6.07) is 1.99. The van der Waals surface area contributed by atoms with Crippen LogP contribution in [0.1, 0.15) is 35.1 Å². The Kier molecular flexibility index (Phi) is 6.62. The van der Waals surface area contributed by atoms with Crippen LogP contribution in [0.5, 0.6) is 0 Å². The zero-order chi connectivity index (χ0) is 16.4. The van der Waals surface area contributed by atoms with Gasteiger partial charge in [0.25, 0.3) is 5.91 Å². The molecular weight excluding hydrogens is 346 g/mol. The summed E-state index contributed by atoms with van der Waals surface area (Å²) in [5.74, 6) is 0.382. The Balaban J connectivity index is 0.00000208. The van der Waals surface area contributed by atoms with E-state index in [1.165, 1.54) is 11.3 Å². The van der Waals surface area contributed by atoms with Crippen molar-refractivity contribution in [2.45, 2.75) is 19.8 Å². The number of carbonyl (C=O) groups is 1. The number of rotatable bonds is 5. The number of halogens is 1. The maximum absolute atomic E-state index is 12.4. The second-order valence-corrected chi connectivity index (χ2v) is 7.37. The van der Waals surface area contributed by atoms with Crippen LogP contribution in [0.15, 0.2) is 6.07 Å². The summed E-state index contributed by atoms with van der Waals surface area (Å²) in [7, 11) is 1.94. The normalized spacial score (nSPS) is 15.7. The molecular formula is C16H26ClN5OS. The quantitative estimate of drug-likeness (QED) is 0.841. The van der Waals surface area contributed by atoms with E-state index in [0.29, 0.717) is 12.5 Å². The van der Waals surface area contributed by atoms with Crippen molar-refractivity contribution in [3.8, 4) is 0 Å². The fraction of sp³-hybridized carbons (Fsp3) is 0.625. The second-order valence-electron chi connectivity index (χ2n) is 6.34. The first-order valence-corrected chi connectivity index (χ1v) is 9.05. The van der Waals surface area contributed by atoms with Crippen LogP contribution in [-0.4, -0.2) is 59.9 Å². The highest BCUT2D eigenvalue weighted by Crippen LogP contribution is 2.31. The van der Waals surface area contributed by atoms with E-state index in [1.54, 1.807) is 0 Å². The standard InChI is InChI=1S/C16H25N5OS.ClH/c1-11(2)14-12-10-13(23-16(12)20(3)19-14)15(22)18-6-9-21-7-4-17-5-8-21;/h10-11,17H,4-9H2,1-3H3,(H,18,22);1H. The second kappa shape index (κ2) is 8.29. The van der Waals surface area contributed by atoms with Crippen molar-refractivity contribution in [3.63, 3.8) is 0 Å². The van der Waals surface area contributed by atoms with E-state index in [-0.39, 0.29) is 18.3 Å². The number of carbonyl (C=O) groups excluding carboxylic acids is 1. The SMILES string of the molecule is CC(C)c1nn(C)c2sc(C(=O)NCCN3CCNCC3)cc12.Cl. The average Bonchev–Trinajstić information content (AvgIpc) is 3.09. The van der Waals surface area contributed by atoms with Crippen molar-refractivity contribution in [3.05, 3.63) is 16.6 Å². The molecule has 3 rings (SSSR count).